The predicted molar refractivity (Wildman–Crippen MR) is 92.1 cm³/mol. The van der Waals surface area contributed by atoms with Gasteiger partial charge in [0.1, 0.15) is 11.5 Å². The normalized spacial score (nSPS) is 10.4. The highest BCUT2D eigenvalue weighted by Gasteiger charge is 2.18. The number of ether oxygens (including phenoxy) is 1. The molecule has 0 radical (unpaired) electrons. The summed E-state index contributed by atoms with van der Waals surface area (Å²) in [6.45, 7) is 3.73. The minimum absolute atomic E-state index is 0.0444. The standard InChI is InChI=1S/C17H18FN3O4/c1-11(2)25-17(22)20-15-8-7-14(9-16(15)21(23)24)19-10-12-3-5-13(18)6-4-12/h3-9,11,19H,10H2,1-2H3,(H,20,22). The van der Waals surface area contributed by atoms with Gasteiger partial charge in [-0.25, -0.2) is 9.18 Å². The van der Waals surface area contributed by atoms with Crippen molar-refractivity contribution >= 4 is 23.2 Å². The van der Waals surface area contributed by atoms with Gasteiger partial charge in [-0.2, -0.15) is 0 Å². The van der Waals surface area contributed by atoms with E-state index in [0.29, 0.717) is 12.2 Å². The molecule has 0 fully saturated rings. The van der Waals surface area contributed by atoms with Gasteiger partial charge in [-0.05, 0) is 43.7 Å². The lowest BCUT2D eigenvalue weighted by molar-refractivity contribution is -0.383. The number of nitro groups is 1. The molecule has 0 aliphatic heterocycles. The van der Waals surface area contributed by atoms with Crippen LogP contribution in [-0.2, 0) is 11.3 Å². The first-order valence-corrected chi connectivity index (χ1v) is 7.59. The van der Waals surface area contributed by atoms with Gasteiger partial charge in [0.15, 0.2) is 0 Å². The summed E-state index contributed by atoms with van der Waals surface area (Å²) in [5, 5.41) is 16.6. The van der Waals surface area contributed by atoms with Crippen molar-refractivity contribution in [3.8, 4) is 0 Å². The van der Waals surface area contributed by atoms with E-state index in [2.05, 4.69) is 10.6 Å². The molecule has 2 N–H and O–H groups in total. The van der Waals surface area contributed by atoms with Crippen molar-refractivity contribution < 1.29 is 18.8 Å². The zero-order valence-electron chi connectivity index (χ0n) is 13.8. The second kappa shape index (κ2) is 8.09. The summed E-state index contributed by atoms with van der Waals surface area (Å²) >= 11 is 0. The van der Waals surface area contributed by atoms with Crippen molar-refractivity contribution in [3.05, 3.63) is 64.0 Å². The van der Waals surface area contributed by atoms with Crippen LogP contribution in [0.4, 0.5) is 26.2 Å². The first-order valence-electron chi connectivity index (χ1n) is 7.59. The van der Waals surface area contributed by atoms with E-state index in [9.17, 15) is 19.3 Å². The van der Waals surface area contributed by atoms with E-state index in [-0.39, 0.29) is 23.3 Å². The third-order valence-electron chi connectivity index (χ3n) is 3.18. The smallest absolute Gasteiger partial charge is 0.412 e. The van der Waals surface area contributed by atoms with Crippen LogP contribution in [-0.4, -0.2) is 17.1 Å². The number of carbonyl (C=O) groups excluding carboxylic acids is 1. The lowest BCUT2D eigenvalue weighted by Crippen LogP contribution is -2.18. The SMILES string of the molecule is CC(C)OC(=O)Nc1ccc(NCc2ccc(F)cc2)cc1[N+](=O)[O-]. The maximum Gasteiger partial charge on any atom is 0.412 e. The highest BCUT2D eigenvalue weighted by Crippen LogP contribution is 2.28. The summed E-state index contributed by atoms with van der Waals surface area (Å²) in [7, 11) is 0. The van der Waals surface area contributed by atoms with Crippen molar-refractivity contribution in [1.82, 2.24) is 0 Å². The minimum atomic E-state index is -0.759. The minimum Gasteiger partial charge on any atom is -0.447 e. The molecule has 0 heterocycles. The molecule has 0 atom stereocenters. The molecule has 0 saturated heterocycles. The molecule has 132 valence electrons. The Kier molecular flexibility index (Phi) is 5.89. The van der Waals surface area contributed by atoms with Gasteiger partial charge in [-0.15, -0.1) is 0 Å². The van der Waals surface area contributed by atoms with Crippen molar-refractivity contribution in [3.63, 3.8) is 0 Å². The number of benzene rings is 2. The van der Waals surface area contributed by atoms with Crippen LogP contribution in [0.3, 0.4) is 0 Å². The summed E-state index contributed by atoms with van der Waals surface area (Å²) in [5.41, 5.74) is 1.11. The average Bonchev–Trinajstić information content (AvgIpc) is 2.54. The van der Waals surface area contributed by atoms with Crippen LogP contribution in [0.25, 0.3) is 0 Å². The van der Waals surface area contributed by atoms with Gasteiger partial charge in [-0.3, -0.25) is 15.4 Å². The highest BCUT2D eigenvalue weighted by molar-refractivity contribution is 5.88. The molecule has 1 amide bonds. The maximum absolute atomic E-state index is 12.9. The molecule has 25 heavy (non-hydrogen) atoms. The van der Waals surface area contributed by atoms with Crippen LogP contribution in [0.5, 0.6) is 0 Å². The molecular formula is C17H18FN3O4. The Labute approximate surface area is 144 Å². The Hall–Kier alpha value is -3.16. The number of amides is 1. The molecule has 0 aliphatic rings. The van der Waals surface area contributed by atoms with E-state index in [1.807, 2.05) is 0 Å². The van der Waals surface area contributed by atoms with Gasteiger partial charge in [0.05, 0.1) is 11.0 Å². The average molecular weight is 347 g/mol. The molecule has 8 heteroatoms. The third kappa shape index (κ3) is 5.45. The summed E-state index contributed by atoms with van der Waals surface area (Å²) in [6, 6.07) is 10.3. The largest absolute Gasteiger partial charge is 0.447 e. The van der Waals surface area contributed by atoms with Gasteiger partial charge in [-0.1, -0.05) is 12.1 Å². The summed E-state index contributed by atoms with van der Waals surface area (Å²) in [5.74, 6) is -0.330. The molecule has 2 aromatic carbocycles. The Bertz CT molecular complexity index is 763. The lowest BCUT2D eigenvalue weighted by Gasteiger charge is -2.11. The number of nitrogens with zero attached hydrogens (tertiary/aromatic N) is 1. The highest BCUT2D eigenvalue weighted by atomic mass is 19.1. The van der Waals surface area contributed by atoms with Crippen LogP contribution in [0.15, 0.2) is 42.5 Å². The monoisotopic (exact) mass is 347 g/mol. The summed E-state index contributed by atoms with van der Waals surface area (Å²) in [4.78, 5) is 22.3. The van der Waals surface area contributed by atoms with Gasteiger partial charge >= 0.3 is 6.09 Å². The Morgan fingerprint density at radius 3 is 2.52 bits per heavy atom. The number of rotatable bonds is 6. The molecule has 2 rings (SSSR count). The second-order valence-corrected chi connectivity index (χ2v) is 5.55. The fourth-order valence-electron chi connectivity index (χ4n) is 2.06. The van der Waals surface area contributed by atoms with Crippen molar-refractivity contribution in [1.29, 1.82) is 0 Å². The topological polar surface area (TPSA) is 93.5 Å². The van der Waals surface area contributed by atoms with Crippen LogP contribution < -0.4 is 10.6 Å². The third-order valence-corrected chi connectivity index (χ3v) is 3.18. The van der Waals surface area contributed by atoms with Gasteiger partial charge in [0.2, 0.25) is 0 Å². The zero-order valence-corrected chi connectivity index (χ0v) is 13.8. The number of hydrogen-bond acceptors (Lipinski definition) is 5. The number of halogens is 1. The Morgan fingerprint density at radius 1 is 1.24 bits per heavy atom. The van der Waals surface area contributed by atoms with Crippen molar-refractivity contribution in [2.24, 2.45) is 0 Å². The van der Waals surface area contributed by atoms with Gasteiger partial charge < -0.3 is 10.1 Å². The van der Waals surface area contributed by atoms with Gasteiger partial charge in [0, 0.05) is 18.3 Å². The summed E-state index contributed by atoms with van der Waals surface area (Å²) in [6.07, 6.45) is -1.10. The molecule has 2 aromatic rings. The zero-order chi connectivity index (χ0) is 18.4. The number of nitrogens with one attached hydrogen (secondary N) is 2. The Morgan fingerprint density at radius 2 is 1.92 bits per heavy atom. The van der Waals surface area contributed by atoms with Crippen LogP contribution in [0.2, 0.25) is 0 Å². The molecular weight excluding hydrogens is 329 g/mol. The molecule has 0 unspecified atom stereocenters. The van der Waals surface area contributed by atoms with E-state index in [4.69, 9.17) is 4.74 Å². The van der Waals surface area contributed by atoms with E-state index in [1.165, 1.54) is 24.3 Å². The predicted octanol–water partition coefficient (Wildman–Crippen LogP) is 4.30. The molecule has 0 bridgehead atoms. The quantitative estimate of drug-likeness (QED) is 0.600. The maximum atomic E-state index is 12.9. The van der Waals surface area contributed by atoms with Crippen LogP contribution in [0, 0.1) is 15.9 Å². The summed E-state index contributed by atoms with van der Waals surface area (Å²) < 4.78 is 17.8. The number of carbonyl (C=O) groups is 1. The van der Waals surface area contributed by atoms with Crippen molar-refractivity contribution in [2.75, 3.05) is 10.6 Å². The van der Waals surface area contributed by atoms with Crippen LogP contribution >= 0.6 is 0 Å². The fraction of sp³-hybridized carbons (Fsp3) is 0.235. The van der Waals surface area contributed by atoms with E-state index in [1.54, 1.807) is 32.0 Å². The fourth-order valence-corrected chi connectivity index (χ4v) is 2.06. The van der Waals surface area contributed by atoms with E-state index >= 15 is 0 Å². The Balaban J connectivity index is 2.10. The lowest BCUT2D eigenvalue weighted by atomic mass is 10.2. The molecule has 0 aliphatic carbocycles. The number of anilines is 2. The number of nitro benzene ring substituents is 1. The van der Waals surface area contributed by atoms with Gasteiger partial charge in [0.25, 0.3) is 5.69 Å². The molecule has 0 aromatic heterocycles. The first kappa shape index (κ1) is 18.2. The van der Waals surface area contributed by atoms with E-state index < -0.39 is 11.0 Å². The molecule has 0 spiro atoms. The molecule has 7 nitrogen and oxygen atoms in total. The number of hydrogen-bond donors (Lipinski definition) is 2. The first-order chi connectivity index (χ1) is 11.8. The van der Waals surface area contributed by atoms with Crippen molar-refractivity contribution in [2.45, 2.75) is 26.5 Å². The van der Waals surface area contributed by atoms with Crippen LogP contribution in [0.1, 0.15) is 19.4 Å². The van der Waals surface area contributed by atoms with E-state index in [0.717, 1.165) is 5.56 Å². The molecule has 0 saturated carbocycles. The second-order valence-electron chi connectivity index (χ2n) is 5.55.